The molecular weight excluding hydrogens is 88.1 g/mol. The predicted octanol–water partition coefficient (Wildman–Crippen LogP) is 0.419. The zero-order valence-corrected chi connectivity index (χ0v) is 3.81. The summed E-state index contributed by atoms with van der Waals surface area (Å²) in [4.78, 5) is 0. The van der Waals surface area contributed by atoms with Crippen molar-refractivity contribution in [2.45, 2.75) is 0 Å². The molecule has 0 aromatic rings. The summed E-state index contributed by atoms with van der Waals surface area (Å²) >= 11 is 0. The van der Waals surface area contributed by atoms with Gasteiger partial charge in [0.1, 0.15) is 0 Å². The van der Waals surface area contributed by atoms with Crippen molar-refractivity contribution in [1.82, 2.24) is 0 Å². The molecule has 36 valence electrons. The van der Waals surface area contributed by atoms with Gasteiger partial charge in [0.25, 0.3) is 0 Å². The molecule has 0 amide bonds. The molecule has 2 heteroatoms. The summed E-state index contributed by atoms with van der Waals surface area (Å²) in [5.74, 6) is 0. The molecule has 0 aliphatic heterocycles. The molecule has 1 aliphatic carbocycles. The van der Waals surface area contributed by atoms with Gasteiger partial charge in [-0.05, 0) is 12.2 Å². The largest absolute Gasteiger partial charge is 0.404 e. The Balaban J connectivity index is 2.85. The minimum Gasteiger partial charge on any atom is -0.404 e. The molecule has 0 saturated carbocycles. The Bertz CT molecular complexity index is 153. The number of hydrogen-bond acceptors (Lipinski definition) is 2. The fraction of sp³-hybridized carbons (Fsp3) is 0. The lowest BCUT2D eigenvalue weighted by molar-refractivity contribution is 1.44. The second kappa shape index (κ2) is 1.22. The summed E-state index contributed by atoms with van der Waals surface area (Å²) in [6, 6.07) is 0. The highest BCUT2D eigenvalue weighted by molar-refractivity contribution is 6.15. The van der Waals surface area contributed by atoms with Crippen molar-refractivity contribution in [3.05, 3.63) is 23.9 Å². The fourth-order valence-electron chi connectivity index (χ4n) is 0.408. The van der Waals surface area contributed by atoms with Crippen molar-refractivity contribution in [2.75, 3.05) is 0 Å². The Hall–Kier alpha value is -1.05. The van der Waals surface area contributed by atoms with Gasteiger partial charge in [0.05, 0.1) is 5.71 Å². The molecule has 1 rings (SSSR count). The number of nitrogens with two attached hydrogens (primary N) is 1. The Morgan fingerprint density at radius 1 is 1.57 bits per heavy atom. The third-order valence-electron chi connectivity index (χ3n) is 0.920. The zero-order valence-electron chi connectivity index (χ0n) is 3.81. The summed E-state index contributed by atoms with van der Waals surface area (Å²) < 4.78 is 0. The first-order valence-electron chi connectivity index (χ1n) is 2.03. The SMILES string of the molecule is N=C1C=C/C1=C/N. The topological polar surface area (TPSA) is 49.9 Å². The Kier molecular flexibility index (Phi) is 0.719. The quantitative estimate of drug-likeness (QED) is 0.449. The molecule has 0 saturated heterocycles. The van der Waals surface area contributed by atoms with E-state index in [1.165, 1.54) is 6.20 Å². The average Bonchev–Trinajstić information content (AvgIpc) is 1.65. The van der Waals surface area contributed by atoms with Gasteiger partial charge in [-0.2, -0.15) is 0 Å². The van der Waals surface area contributed by atoms with Crippen LogP contribution in [0.4, 0.5) is 0 Å². The molecule has 0 heterocycles. The minimum atomic E-state index is 0.530. The van der Waals surface area contributed by atoms with Gasteiger partial charge < -0.3 is 11.1 Å². The average molecular weight is 94.1 g/mol. The van der Waals surface area contributed by atoms with E-state index in [0.717, 1.165) is 5.57 Å². The molecule has 0 bridgehead atoms. The molecule has 2 nitrogen and oxygen atoms in total. The van der Waals surface area contributed by atoms with Crippen LogP contribution in [0.2, 0.25) is 0 Å². The van der Waals surface area contributed by atoms with Gasteiger partial charge in [0.15, 0.2) is 0 Å². The number of allylic oxidation sites excluding steroid dienone is 3. The molecule has 3 N–H and O–H groups in total. The predicted molar refractivity (Wildman–Crippen MR) is 29.1 cm³/mol. The van der Waals surface area contributed by atoms with Crippen molar-refractivity contribution in [3.63, 3.8) is 0 Å². The standard InChI is InChI=1S/C5H6N2/c6-3-4-1-2-5(4)7/h1-3,7H,6H2/b4-3-,7-5?. The highest BCUT2D eigenvalue weighted by Crippen LogP contribution is 2.07. The summed E-state index contributed by atoms with van der Waals surface area (Å²) in [6.07, 6.45) is 4.95. The molecular formula is C5H6N2. The van der Waals surface area contributed by atoms with Crippen molar-refractivity contribution in [3.8, 4) is 0 Å². The highest BCUT2D eigenvalue weighted by atomic mass is 14.5. The third kappa shape index (κ3) is 0.435. The second-order valence-electron chi connectivity index (χ2n) is 1.37. The smallest absolute Gasteiger partial charge is 0.0626 e. The normalized spacial score (nSPS) is 22.9. The molecule has 0 fully saturated rings. The van der Waals surface area contributed by atoms with Crippen LogP contribution in [0.3, 0.4) is 0 Å². The molecule has 1 aliphatic rings. The molecule has 0 unspecified atom stereocenters. The van der Waals surface area contributed by atoms with Gasteiger partial charge >= 0.3 is 0 Å². The van der Waals surface area contributed by atoms with E-state index in [1.54, 1.807) is 6.08 Å². The first-order chi connectivity index (χ1) is 3.34. The van der Waals surface area contributed by atoms with E-state index in [-0.39, 0.29) is 0 Å². The van der Waals surface area contributed by atoms with Crippen molar-refractivity contribution in [1.29, 1.82) is 5.41 Å². The molecule has 0 aromatic carbocycles. The Labute approximate surface area is 41.8 Å². The lowest BCUT2D eigenvalue weighted by atomic mass is 10.0. The number of rotatable bonds is 0. The van der Waals surface area contributed by atoms with E-state index in [0.29, 0.717) is 5.71 Å². The maximum Gasteiger partial charge on any atom is 0.0626 e. The van der Waals surface area contributed by atoms with Crippen LogP contribution >= 0.6 is 0 Å². The van der Waals surface area contributed by atoms with Crippen LogP contribution in [0.15, 0.2) is 23.9 Å². The first kappa shape index (κ1) is 4.12. The van der Waals surface area contributed by atoms with E-state index < -0.39 is 0 Å². The van der Waals surface area contributed by atoms with Crippen LogP contribution in [0.1, 0.15) is 0 Å². The Morgan fingerprint density at radius 3 is 2.29 bits per heavy atom. The first-order valence-corrected chi connectivity index (χ1v) is 2.03. The lowest BCUT2D eigenvalue weighted by Gasteiger charge is -2.05. The maximum atomic E-state index is 6.95. The molecule has 0 atom stereocenters. The van der Waals surface area contributed by atoms with Gasteiger partial charge in [-0.15, -0.1) is 0 Å². The van der Waals surface area contributed by atoms with Crippen molar-refractivity contribution < 1.29 is 0 Å². The molecule has 0 radical (unpaired) electrons. The van der Waals surface area contributed by atoms with E-state index in [4.69, 9.17) is 11.1 Å². The maximum absolute atomic E-state index is 6.95. The monoisotopic (exact) mass is 94.1 g/mol. The van der Waals surface area contributed by atoms with Gasteiger partial charge in [-0.3, -0.25) is 0 Å². The summed E-state index contributed by atoms with van der Waals surface area (Å²) in [5.41, 5.74) is 6.43. The van der Waals surface area contributed by atoms with Gasteiger partial charge in [0.2, 0.25) is 0 Å². The summed E-state index contributed by atoms with van der Waals surface area (Å²) in [7, 11) is 0. The zero-order chi connectivity index (χ0) is 5.28. The van der Waals surface area contributed by atoms with E-state index >= 15 is 0 Å². The van der Waals surface area contributed by atoms with Gasteiger partial charge in [0, 0.05) is 11.8 Å². The highest BCUT2D eigenvalue weighted by Gasteiger charge is 2.03. The van der Waals surface area contributed by atoms with Crippen LogP contribution in [-0.4, -0.2) is 5.71 Å². The van der Waals surface area contributed by atoms with Crippen LogP contribution in [0, 0.1) is 5.41 Å². The van der Waals surface area contributed by atoms with Crippen molar-refractivity contribution in [2.24, 2.45) is 5.73 Å². The minimum absolute atomic E-state index is 0.530. The second-order valence-corrected chi connectivity index (χ2v) is 1.37. The van der Waals surface area contributed by atoms with E-state index in [1.807, 2.05) is 6.08 Å². The Morgan fingerprint density at radius 2 is 2.29 bits per heavy atom. The van der Waals surface area contributed by atoms with Gasteiger partial charge in [-0.25, -0.2) is 0 Å². The van der Waals surface area contributed by atoms with Crippen LogP contribution < -0.4 is 5.73 Å². The van der Waals surface area contributed by atoms with E-state index in [9.17, 15) is 0 Å². The fourth-order valence-corrected chi connectivity index (χ4v) is 0.408. The van der Waals surface area contributed by atoms with Crippen LogP contribution in [0.5, 0.6) is 0 Å². The molecule has 0 spiro atoms. The van der Waals surface area contributed by atoms with Gasteiger partial charge in [-0.1, -0.05) is 0 Å². The number of nitrogens with one attached hydrogen (secondary N) is 1. The molecule has 0 aromatic heterocycles. The lowest BCUT2D eigenvalue weighted by Crippen LogP contribution is -2.05. The summed E-state index contributed by atoms with van der Waals surface area (Å²) in [5, 5.41) is 6.95. The number of hydrogen-bond donors (Lipinski definition) is 2. The third-order valence-corrected chi connectivity index (χ3v) is 0.920. The summed E-state index contributed by atoms with van der Waals surface area (Å²) in [6.45, 7) is 0. The van der Waals surface area contributed by atoms with E-state index in [2.05, 4.69) is 0 Å². The van der Waals surface area contributed by atoms with Crippen LogP contribution in [0.25, 0.3) is 0 Å². The van der Waals surface area contributed by atoms with Crippen LogP contribution in [-0.2, 0) is 0 Å². The molecule has 7 heavy (non-hydrogen) atoms. The van der Waals surface area contributed by atoms with Crippen molar-refractivity contribution >= 4 is 5.71 Å².